The van der Waals surface area contributed by atoms with Crippen molar-refractivity contribution in [3.63, 3.8) is 0 Å². The Morgan fingerprint density at radius 3 is 2.41 bits per heavy atom. The minimum Gasteiger partial charge on any atom is -0.464 e. The first-order valence-corrected chi connectivity index (χ1v) is 9.67. The van der Waals surface area contributed by atoms with Crippen molar-refractivity contribution >= 4 is 34.1 Å². The zero-order valence-electron chi connectivity index (χ0n) is 15.0. The Balaban J connectivity index is 2.05. The van der Waals surface area contributed by atoms with E-state index >= 15 is 0 Å². The lowest BCUT2D eigenvalue weighted by Crippen LogP contribution is -2.41. The highest BCUT2D eigenvalue weighted by molar-refractivity contribution is 7.15. The molecule has 0 saturated heterocycles. The number of para-hydroxylation sites is 1. The largest absolute Gasteiger partial charge is 0.464 e. The molecule has 7 heteroatoms. The molecule has 0 radical (unpaired) electrons. The SMILES string of the molecule is CC(C)c1cnc(N(C(N)=O)C(Oc2ccccc2Cl)c2ccccc2)s1. The van der Waals surface area contributed by atoms with Crippen molar-refractivity contribution in [2.75, 3.05) is 4.90 Å². The van der Waals surface area contributed by atoms with Gasteiger partial charge >= 0.3 is 6.03 Å². The van der Waals surface area contributed by atoms with Crippen LogP contribution in [0, 0.1) is 0 Å². The van der Waals surface area contributed by atoms with Crippen molar-refractivity contribution < 1.29 is 9.53 Å². The van der Waals surface area contributed by atoms with Gasteiger partial charge in [-0.25, -0.2) is 14.7 Å². The smallest absolute Gasteiger partial charge is 0.324 e. The van der Waals surface area contributed by atoms with Crippen LogP contribution in [-0.2, 0) is 0 Å². The van der Waals surface area contributed by atoms with Crippen LogP contribution < -0.4 is 15.4 Å². The van der Waals surface area contributed by atoms with Crippen molar-refractivity contribution in [1.29, 1.82) is 0 Å². The predicted molar refractivity (Wildman–Crippen MR) is 110 cm³/mol. The van der Waals surface area contributed by atoms with Crippen molar-refractivity contribution in [3.8, 4) is 5.75 Å². The number of carbonyl (C=O) groups is 1. The number of carbonyl (C=O) groups excluding carboxylic acids is 1. The Morgan fingerprint density at radius 2 is 1.81 bits per heavy atom. The molecule has 1 unspecified atom stereocenters. The van der Waals surface area contributed by atoms with Gasteiger partial charge in [0.05, 0.1) is 5.02 Å². The third-order valence-corrected chi connectivity index (χ3v) is 5.53. The van der Waals surface area contributed by atoms with Gasteiger partial charge in [-0.1, -0.05) is 67.9 Å². The second-order valence-electron chi connectivity index (χ2n) is 6.22. The van der Waals surface area contributed by atoms with Gasteiger partial charge in [0.2, 0.25) is 6.23 Å². The Bertz CT molecular complexity index is 914. The molecule has 0 spiro atoms. The Morgan fingerprint density at radius 1 is 1.15 bits per heavy atom. The number of thiazole rings is 1. The van der Waals surface area contributed by atoms with Crippen LogP contribution in [0.4, 0.5) is 9.93 Å². The first-order chi connectivity index (χ1) is 13.0. The minimum absolute atomic E-state index is 0.297. The van der Waals surface area contributed by atoms with Crippen LogP contribution in [0.1, 0.15) is 36.4 Å². The molecule has 2 amide bonds. The summed E-state index contributed by atoms with van der Waals surface area (Å²) in [4.78, 5) is 19.2. The number of benzene rings is 2. The molecule has 27 heavy (non-hydrogen) atoms. The van der Waals surface area contributed by atoms with Crippen molar-refractivity contribution in [2.45, 2.75) is 26.0 Å². The van der Waals surface area contributed by atoms with E-state index in [4.69, 9.17) is 22.1 Å². The Labute approximate surface area is 167 Å². The number of hydrogen-bond donors (Lipinski definition) is 1. The van der Waals surface area contributed by atoms with Gasteiger partial charge in [-0.3, -0.25) is 0 Å². The number of hydrogen-bond acceptors (Lipinski definition) is 4. The standard InChI is InChI=1S/C20H20ClN3O2S/c1-13(2)17-12-23-20(27-17)24(19(22)25)18(14-8-4-3-5-9-14)26-16-11-7-6-10-15(16)21/h3-13,18H,1-2H3,(H2,22,25). The quantitative estimate of drug-likeness (QED) is 0.548. The van der Waals surface area contributed by atoms with Crippen LogP contribution in [0.25, 0.3) is 0 Å². The molecule has 0 aliphatic heterocycles. The molecule has 2 N–H and O–H groups in total. The van der Waals surface area contributed by atoms with E-state index in [9.17, 15) is 4.79 Å². The van der Waals surface area contributed by atoms with E-state index in [0.29, 0.717) is 21.8 Å². The fourth-order valence-electron chi connectivity index (χ4n) is 2.51. The lowest BCUT2D eigenvalue weighted by molar-refractivity contribution is 0.194. The van der Waals surface area contributed by atoms with Crippen LogP contribution in [0.5, 0.6) is 5.75 Å². The maximum atomic E-state index is 12.4. The minimum atomic E-state index is -0.797. The summed E-state index contributed by atoms with van der Waals surface area (Å²) >= 11 is 7.68. The molecule has 1 aromatic heterocycles. The average Bonchev–Trinajstić information content (AvgIpc) is 3.13. The van der Waals surface area contributed by atoms with Crippen LogP contribution >= 0.6 is 22.9 Å². The summed E-state index contributed by atoms with van der Waals surface area (Å²) in [5, 5.41) is 0.928. The number of urea groups is 1. The summed E-state index contributed by atoms with van der Waals surface area (Å²) in [6.45, 7) is 4.14. The summed E-state index contributed by atoms with van der Waals surface area (Å²) in [6.07, 6.45) is 0.966. The van der Waals surface area contributed by atoms with Gasteiger partial charge in [0.15, 0.2) is 5.13 Å². The maximum Gasteiger partial charge on any atom is 0.324 e. The molecule has 1 heterocycles. The van der Waals surface area contributed by atoms with E-state index in [0.717, 1.165) is 10.4 Å². The molecule has 1 atom stereocenters. The highest BCUT2D eigenvalue weighted by Gasteiger charge is 2.30. The van der Waals surface area contributed by atoms with Crippen LogP contribution in [0.15, 0.2) is 60.8 Å². The number of nitrogens with zero attached hydrogens (tertiary/aromatic N) is 2. The monoisotopic (exact) mass is 401 g/mol. The lowest BCUT2D eigenvalue weighted by atomic mass is 10.2. The first kappa shape index (κ1) is 19.2. The summed E-state index contributed by atoms with van der Waals surface area (Å²) in [5.74, 6) is 0.755. The molecule has 5 nitrogen and oxygen atoms in total. The van der Waals surface area contributed by atoms with Crippen molar-refractivity contribution in [2.24, 2.45) is 5.73 Å². The predicted octanol–water partition coefficient (Wildman–Crippen LogP) is 5.58. The number of rotatable bonds is 6. The van der Waals surface area contributed by atoms with Crippen molar-refractivity contribution in [1.82, 2.24) is 4.98 Å². The Kier molecular flexibility index (Phi) is 5.98. The maximum absolute atomic E-state index is 12.4. The molecular weight excluding hydrogens is 382 g/mol. The third kappa shape index (κ3) is 4.40. The number of amides is 2. The average molecular weight is 402 g/mol. The van der Waals surface area contributed by atoms with E-state index in [-0.39, 0.29) is 0 Å². The van der Waals surface area contributed by atoms with E-state index in [2.05, 4.69) is 18.8 Å². The van der Waals surface area contributed by atoms with Crippen LogP contribution in [0.2, 0.25) is 5.02 Å². The third-order valence-electron chi connectivity index (χ3n) is 3.92. The molecule has 0 bridgehead atoms. The fourth-order valence-corrected chi connectivity index (χ4v) is 3.64. The molecule has 0 aliphatic carbocycles. The molecular formula is C20H20ClN3O2S. The molecule has 0 fully saturated rings. The van der Waals surface area contributed by atoms with Gasteiger partial charge in [0, 0.05) is 16.6 Å². The van der Waals surface area contributed by atoms with Crippen LogP contribution in [-0.4, -0.2) is 11.0 Å². The molecule has 0 saturated carbocycles. The van der Waals surface area contributed by atoms with Gasteiger partial charge in [-0.2, -0.15) is 0 Å². The highest BCUT2D eigenvalue weighted by atomic mass is 35.5. The summed E-state index contributed by atoms with van der Waals surface area (Å²) < 4.78 is 6.14. The number of aromatic nitrogens is 1. The number of nitrogens with two attached hydrogens (primary N) is 1. The summed E-state index contributed by atoms with van der Waals surface area (Å²) in [6, 6.07) is 15.8. The van der Waals surface area contributed by atoms with Crippen molar-refractivity contribution in [3.05, 3.63) is 76.3 Å². The number of primary amides is 1. The van der Waals surface area contributed by atoms with E-state index in [1.54, 1.807) is 18.3 Å². The summed E-state index contributed by atoms with van der Waals surface area (Å²) in [7, 11) is 0. The molecule has 2 aromatic carbocycles. The van der Waals surface area contributed by atoms with Gasteiger partial charge in [-0.15, -0.1) is 11.3 Å². The zero-order valence-corrected chi connectivity index (χ0v) is 16.6. The normalized spacial score (nSPS) is 12.0. The van der Waals surface area contributed by atoms with Gasteiger partial charge < -0.3 is 10.5 Å². The van der Waals surface area contributed by atoms with E-state index < -0.39 is 12.3 Å². The van der Waals surface area contributed by atoms with E-state index in [1.165, 1.54) is 16.2 Å². The lowest BCUT2D eigenvalue weighted by Gasteiger charge is -2.29. The molecule has 3 aromatic rings. The number of anilines is 1. The highest BCUT2D eigenvalue weighted by Crippen LogP contribution is 2.36. The second kappa shape index (κ2) is 8.41. The topological polar surface area (TPSA) is 68.5 Å². The number of halogens is 1. The zero-order chi connectivity index (χ0) is 19.4. The van der Waals surface area contributed by atoms with Crippen LogP contribution in [0.3, 0.4) is 0 Å². The van der Waals surface area contributed by atoms with Gasteiger partial charge in [0.1, 0.15) is 5.75 Å². The molecule has 0 aliphatic rings. The first-order valence-electron chi connectivity index (χ1n) is 8.48. The number of ether oxygens (including phenoxy) is 1. The second-order valence-corrected chi connectivity index (χ2v) is 7.67. The van der Waals surface area contributed by atoms with Gasteiger partial charge in [0.25, 0.3) is 0 Å². The Hall–Kier alpha value is -2.57. The van der Waals surface area contributed by atoms with E-state index in [1.807, 2.05) is 42.5 Å². The fraction of sp³-hybridized carbons (Fsp3) is 0.200. The molecule has 140 valence electrons. The molecule has 3 rings (SSSR count). The van der Waals surface area contributed by atoms with Gasteiger partial charge in [-0.05, 0) is 18.1 Å². The summed E-state index contributed by atoms with van der Waals surface area (Å²) in [5.41, 5.74) is 6.49.